The summed E-state index contributed by atoms with van der Waals surface area (Å²) in [5.74, 6) is 0. The molecule has 0 aromatic rings. The minimum absolute atomic E-state index is 0.363. The molecule has 0 aliphatic carbocycles. The van der Waals surface area contributed by atoms with Crippen molar-refractivity contribution in [2.75, 3.05) is 13.1 Å². The van der Waals surface area contributed by atoms with Crippen LogP contribution in [0.15, 0.2) is 0 Å². The molecule has 4 nitrogen and oxygen atoms in total. The molecule has 0 aromatic carbocycles. The van der Waals surface area contributed by atoms with E-state index in [9.17, 15) is 13.0 Å². The van der Waals surface area contributed by atoms with E-state index < -0.39 is 10.3 Å². The Hall–Kier alpha value is -0.130. The van der Waals surface area contributed by atoms with Crippen molar-refractivity contribution in [2.45, 2.75) is 39.5 Å². The molecule has 0 aliphatic heterocycles. The highest BCUT2D eigenvalue weighted by molar-refractivity contribution is 7.83. The Morgan fingerprint density at radius 1 is 1.08 bits per heavy atom. The minimum Gasteiger partial charge on any atom is -0.735 e. The number of hydrogen-bond donors (Lipinski definition) is 0. The molecule has 13 heavy (non-hydrogen) atoms. The molecule has 0 fully saturated rings. The van der Waals surface area contributed by atoms with Crippen LogP contribution in [0.4, 0.5) is 0 Å². The molecule has 0 heterocycles. The van der Waals surface area contributed by atoms with Gasteiger partial charge in [-0.15, -0.1) is 0 Å². The molecule has 0 bridgehead atoms. The van der Waals surface area contributed by atoms with E-state index in [1.54, 1.807) is 0 Å². The molecule has 0 atom stereocenters. The van der Waals surface area contributed by atoms with Crippen LogP contribution in [0.1, 0.15) is 39.5 Å². The molecule has 0 rings (SSSR count). The van der Waals surface area contributed by atoms with Gasteiger partial charge in [-0.3, -0.25) is 0 Å². The van der Waals surface area contributed by atoms with Crippen molar-refractivity contribution in [1.29, 1.82) is 0 Å². The van der Waals surface area contributed by atoms with Crippen molar-refractivity contribution in [1.82, 2.24) is 4.31 Å². The van der Waals surface area contributed by atoms with Crippen LogP contribution >= 0.6 is 0 Å². The number of hydrogen-bond acceptors (Lipinski definition) is 3. The van der Waals surface area contributed by atoms with Crippen molar-refractivity contribution < 1.29 is 13.0 Å². The molecule has 0 spiro atoms. The van der Waals surface area contributed by atoms with Crippen molar-refractivity contribution in [3.8, 4) is 0 Å². The molecule has 0 saturated heterocycles. The number of unbranched alkanes of at least 4 members (excludes halogenated alkanes) is 2. The van der Waals surface area contributed by atoms with Crippen molar-refractivity contribution in [3.63, 3.8) is 0 Å². The molecule has 0 amide bonds. The average molecular weight is 208 g/mol. The summed E-state index contributed by atoms with van der Waals surface area (Å²) in [6.45, 7) is 4.66. The lowest BCUT2D eigenvalue weighted by Crippen LogP contribution is -2.32. The van der Waals surface area contributed by atoms with Gasteiger partial charge in [0.2, 0.25) is 0 Å². The van der Waals surface area contributed by atoms with Crippen LogP contribution in [0.2, 0.25) is 0 Å². The van der Waals surface area contributed by atoms with Gasteiger partial charge >= 0.3 is 0 Å². The zero-order chi connectivity index (χ0) is 10.3. The van der Waals surface area contributed by atoms with Gasteiger partial charge in [0.25, 0.3) is 0 Å². The number of rotatable bonds is 7. The first-order valence-corrected chi connectivity index (χ1v) is 6.09. The monoisotopic (exact) mass is 208 g/mol. The van der Waals surface area contributed by atoms with Crippen LogP contribution in [-0.2, 0) is 10.3 Å². The third-order valence-electron chi connectivity index (χ3n) is 1.84. The first-order chi connectivity index (χ1) is 6.02. The summed E-state index contributed by atoms with van der Waals surface area (Å²) in [6.07, 6.45) is 3.31. The first kappa shape index (κ1) is 12.9. The fourth-order valence-electron chi connectivity index (χ4n) is 1.00. The second kappa shape index (κ2) is 6.34. The molecule has 0 N–H and O–H groups in total. The standard InChI is InChI=1S/C8H19NO3S/c1-3-5-7-9(8-6-4-2)13(10,11)12/h3-8H2,1-2H3,(H,10,11,12)/p-1. The smallest absolute Gasteiger partial charge is 0.161 e. The summed E-state index contributed by atoms with van der Waals surface area (Å²) in [6, 6.07) is 0. The van der Waals surface area contributed by atoms with E-state index in [2.05, 4.69) is 0 Å². The summed E-state index contributed by atoms with van der Waals surface area (Å²) in [5, 5.41) is 0. The Balaban J connectivity index is 4.04. The van der Waals surface area contributed by atoms with Gasteiger partial charge < -0.3 is 4.55 Å². The maximum Gasteiger partial charge on any atom is 0.161 e. The molecule has 0 unspecified atom stereocenters. The molecule has 80 valence electrons. The van der Waals surface area contributed by atoms with Crippen LogP contribution in [0.3, 0.4) is 0 Å². The third kappa shape index (κ3) is 6.01. The highest BCUT2D eigenvalue weighted by Crippen LogP contribution is 2.03. The van der Waals surface area contributed by atoms with Crippen molar-refractivity contribution in [3.05, 3.63) is 0 Å². The van der Waals surface area contributed by atoms with Gasteiger partial charge in [-0.2, -0.15) is 0 Å². The van der Waals surface area contributed by atoms with Crippen molar-refractivity contribution in [2.24, 2.45) is 0 Å². The van der Waals surface area contributed by atoms with Gasteiger partial charge in [0, 0.05) is 13.1 Å². The molecule has 0 radical (unpaired) electrons. The second-order valence-electron chi connectivity index (χ2n) is 3.06. The fraction of sp³-hybridized carbons (Fsp3) is 1.00. The highest BCUT2D eigenvalue weighted by atomic mass is 32.2. The average Bonchev–Trinajstić information content (AvgIpc) is 2.02. The quantitative estimate of drug-likeness (QED) is 0.593. The van der Waals surface area contributed by atoms with E-state index in [1.165, 1.54) is 0 Å². The maximum absolute atomic E-state index is 10.7. The lowest BCUT2D eigenvalue weighted by atomic mass is 10.3. The van der Waals surface area contributed by atoms with E-state index in [1.807, 2.05) is 13.8 Å². The Labute approximate surface area is 80.8 Å². The van der Waals surface area contributed by atoms with Gasteiger partial charge in [-0.05, 0) is 12.8 Å². The van der Waals surface area contributed by atoms with Gasteiger partial charge in [-0.25, -0.2) is 12.7 Å². The summed E-state index contributed by atoms with van der Waals surface area (Å²) in [4.78, 5) is 0. The Kier molecular flexibility index (Phi) is 6.28. The number of nitrogens with zero attached hydrogens (tertiary/aromatic N) is 1. The molecular formula is C8H18NO3S-. The van der Waals surface area contributed by atoms with Crippen molar-refractivity contribution >= 4 is 10.3 Å². The van der Waals surface area contributed by atoms with E-state index in [0.29, 0.717) is 13.1 Å². The topological polar surface area (TPSA) is 60.4 Å². The third-order valence-corrected chi connectivity index (χ3v) is 2.84. The van der Waals surface area contributed by atoms with Gasteiger partial charge in [0.1, 0.15) is 0 Å². The normalized spacial score (nSPS) is 12.3. The Bertz CT molecular complexity index is 205. The van der Waals surface area contributed by atoms with Crippen LogP contribution in [0, 0.1) is 0 Å². The molecule has 0 saturated carbocycles. The Morgan fingerprint density at radius 2 is 1.46 bits per heavy atom. The lowest BCUT2D eigenvalue weighted by molar-refractivity contribution is 0.333. The van der Waals surface area contributed by atoms with Gasteiger partial charge in [-0.1, -0.05) is 26.7 Å². The molecule has 0 aromatic heterocycles. The largest absolute Gasteiger partial charge is 0.735 e. The molecule has 0 aliphatic rings. The second-order valence-corrected chi connectivity index (χ2v) is 4.44. The van der Waals surface area contributed by atoms with Crippen LogP contribution in [0.25, 0.3) is 0 Å². The highest BCUT2D eigenvalue weighted by Gasteiger charge is 2.09. The van der Waals surface area contributed by atoms with E-state index in [0.717, 1.165) is 30.0 Å². The lowest BCUT2D eigenvalue weighted by Gasteiger charge is -2.24. The molecular weight excluding hydrogens is 190 g/mol. The fourth-order valence-corrected chi connectivity index (χ4v) is 1.71. The minimum atomic E-state index is -4.23. The first-order valence-electron chi connectivity index (χ1n) is 4.73. The van der Waals surface area contributed by atoms with Crippen LogP contribution in [-0.4, -0.2) is 30.4 Å². The van der Waals surface area contributed by atoms with Crippen LogP contribution < -0.4 is 0 Å². The summed E-state index contributed by atoms with van der Waals surface area (Å²) >= 11 is 0. The van der Waals surface area contributed by atoms with E-state index in [-0.39, 0.29) is 0 Å². The SMILES string of the molecule is CCCCN(CCCC)S(=O)(=O)[O-]. The maximum atomic E-state index is 10.7. The zero-order valence-corrected chi connectivity index (χ0v) is 9.14. The van der Waals surface area contributed by atoms with E-state index >= 15 is 0 Å². The van der Waals surface area contributed by atoms with Gasteiger partial charge in [0.05, 0.1) is 0 Å². The zero-order valence-electron chi connectivity index (χ0n) is 8.32. The summed E-state index contributed by atoms with van der Waals surface area (Å²) in [5.41, 5.74) is 0. The summed E-state index contributed by atoms with van der Waals surface area (Å²) in [7, 11) is -4.23. The molecule has 5 heteroatoms. The predicted octanol–water partition coefficient (Wildman–Crippen LogP) is 1.35. The summed E-state index contributed by atoms with van der Waals surface area (Å²) < 4.78 is 33.2. The predicted molar refractivity (Wildman–Crippen MR) is 51.1 cm³/mol. The van der Waals surface area contributed by atoms with Gasteiger partial charge in [0.15, 0.2) is 10.3 Å². The van der Waals surface area contributed by atoms with Crippen LogP contribution in [0.5, 0.6) is 0 Å². The Morgan fingerprint density at radius 3 is 1.69 bits per heavy atom. The van der Waals surface area contributed by atoms with E-state index in [4.69, 9.17) is 0 Å².